The molecule has 0 amide bonds. The zero-order valence-corrected chi connectivity index (χ0v) is 11.5. The Hall–Kier alpha value is -1.57. The van der Waals surface area contributed by atoms with Crippen molar-refractivity contribution < 1.29 is 13.2 Å². The number of rotatable bonds is 6. The summed E-state index contributed by atoms with van der Waals surface area (Å²) in [6.45, 7) is 1.59. The fraction of sp³-hybridized carbons (Fsp3) is 0.667. The van der Waals surface area contributed by atoms with Crippen molar-refractivity contribution in [3.05, 3.63) is 22.6 Å². The van der Waals surface area contributed by atoms with Crippen molar-refractivity contribution >= 4 is 5.69 Å². The number of nitrogens with zero attached hydrogens (tertiary/aromatic N) is 3. The summed E-state index contributed by atoms with van der Waals surface area (Å²) in [5, 5.41) is 3.79. The van der Waals surface area contributed by atoms with E-state index in [-0.39, 0.29) is 0 Å². The Kier molecular flexibility index (Phi) is 5.55. The lowest BCUT2D eigenvalue weighted by atomic mass is 10.1. The number of anilines is 1. The fourth-order valence-electron chi connectivity index (χ4n) is 1.75. The second-order valence-electron chi connectivity index (χ2n) is 4.63. The number of hydrogen-bond acceptors (Lipinski definition) is 4. The van der Waals surface area contributed by atoms with E-state index in [1.165, 1.54) is 12.3 Å². The van der Waals surface area contributed by atoms with Crippen molar-refractivity contribution in [1.82, 2.24) is 9.78 Å². The lowest BCUT2D eigenvalue weighted by Crippen LogP contribution is -2.37. The summed E-state index contributed by atoms with van der Waals surface area (Å²) in [4.78, 5) is 13.6. The third kappa shape index (κ3) is 4.22. The van der Waals surface area contributed by atoms with E-state index in [1.807, 2.05) is 11.8 Å². The number of alkyl halides is 3. The molecule has 0 spiro atoms. The summed E-state index contributed by atoms with van der Waals surface area (Å²) in [7, 11) is 1.79. The topological polar surface area (TPSA) is 64.2 Å². The average Bonchev–Trinajstić information content (AvgIpc) is 2.36. The van der Waals surface area contributed by atoms with Crippen molar-refractivity contribution in [2.75, 3.05) is 25.0 Å². The Morgan fingerprint density at radius 1 is 1.50 bits per heavy atom. The van der Waals surface area contributed by atoms with Crippen LogP contribution in [0.15, 0.2) is 17.1 Å². The molecule has 0 saturated heterocycles. The second-order valence-corrected chi connectivity index (χ2v) is 4.63. The molecule has 1 rings (SSSR count). The monoisotopic (exact) mass is 292 g/mol. The summed E-state index contributed by atoms with van der Waals surface area (Å²) < 4.78 is 38.6. The molecule has 1 aromatic heterocycles. The van der Waals surface area contributed by atoms with Gasteiger partial charge in [-0.1, -0.05) is 6.92 Å². The van der Waals surface area contributed by atoms with Gasteiger partial charge >= 0.3 is 6.18 Å². The van der Waals surface area contributed by atoms with Crippen LogP contribution in [0.3, 0.4) is 0 Å². The SMILES string of the molecule is CCCN(C)c1cnn(CC(CN)C(F)(F)F)c(=O)c1. The largest absolute Gasteiger partial charge is 0.394 e. The Bertz CT molecular complexity index is 486. The second kappa shape index (κ2) is 6.74. The van der Waals surface area contributed by atoms with Crippen LogP contribution < -0.4 is 16.2 Å². The van der Waals surface area contributed by atoms with Crippen molar-refractivity contribution in [1.29, 1.82) is 0 Å². The molecule has 1 aromatic rings. The molecule has 20 heavy (non-hydrogen) atoms. The maximum atomic E-state index is 12.6. The summed E-state index contributed by atoms with van der Waals surface area (Å²) in [6, 6.07) is 1.28. The third-order valence-corrected chi connectivity index (χ3v) is 3.00. The van der Waals surface area contributed by atoms with Crippen molar-refractivity contribution in [3.8, 4) is 0 Å². The molecule has 5 nitrogen and oxygen atoms in total. The van der Waals surface area contributed by atoms with Gasteiger partial charge in [0.05, 0.1) is 24.3 Å². The number of halogens is 3. The molecule has 1 unspecified atom stereocenters. The van der Waals surface area contributed by atoms with Crippen LogP contribution in [0.2, 0.25) is 0 Å². The van der Waals surface area contributed by atoms with Crippen molar-refractivity contribution in [2.45, 2.75) is 26.1 Å². The van der Waals surface area contributed by atoms with Gasteiger partial charge in [-0.05, 0) is 6.42 Å². The van der Waals surface area contributed by atoms with Crippen LogP contribution in [-0.4, -0.2) is 36.1 Å². The van der Waals surface area contributed by atoms with E-state index >= 15 is 0 Å². The predicted molar refractivity (Wildman–Crippen MR) is 70.7 cm³/mol. The molecule has 0 fully saturated rings. The van der Waals surface area contributed by atoms with Crippen LogP contribution >= 0.6 is 0 Å². The fourth-order valence-corrected chi connectivity index (χ4v) is 1.75. The molecule has 1 heterocycles. The molecule has 2 N–H and O–H groups in total. The van der Waals surface area contributed by atoms with Gasteiger partial charge in [0.2, 0.25) is 0 Å². The van der Waals surface area contributed by atoms with E-state index < -0.39 is 30.7 Å². The standard InChI is InChI=1S/C12H19F3N4O/c1-3-4-18(2)10-5-11(20)19(17-7-10)8-9(6-16)12(13,14)15/h5,7,9H,3-4,6,8,16H2,1-2H3. The summed E-state index contributed by atoms with van der Waals surface area (Å²) >= 11 is 0. The van der Waals surface area contributed by atoms with E-state index in [0.717, 1.165) is 17.6 Å². The van der Waals surface area contributed by atoms with E-state index in [9.17, 15) is 18.0 Å². The summed E-state index contributed by atoms with van der Waals surface area (Å²) in [5.74, 6) is -1.77. The zero-order chi connectivity index (χ0) is 15.3. The van der Waals surface area contributed by atoms with Crippen LogP contribution in [0.5, 0.6) is 0 Å². The lowest BCUT2D eigenvalue weighted by Gasteiger charge is -2.20. The van der Waals surface area contributed by atoms with Gasteiger partial charge in [0.25, 0.3) is 5.56 Å². The van der Waals surface area contributed by atoms with Crippen molar-refractivity contribution in [2.24, 2.45) is 11.7 Å². The highest BCUT2D eigenvalue weighted by molar-refractivity contribution is 5.41. The highest BCUT2D eigenvalue weighted by atomic mass is 19.4. The van der Waals surface area contributed by atoms with E-state index in [0.29, 0.717) is 5.69 Å². The molecule has 0 aromatic carbocycles. The first-order valence-electron chi connectivity index (χ1n) is 6.34. The number of aromatic nitrogens is 2. The van der Waals surface area contributed by atoms with Crippen LogP contribution in [0.25, 0.3) is 0 Å². The number of hydrogen-bond donors (Lipinski definition) is 1. The van der Waals surface area contributed by atoms with E-state index in [1.54, 1.807) is 7.05 Å². The minimum atomic E-state index is -4.44. The highest BCUT2D eigenvalue weighted by Gasteiger charge is 2.39. The first-order valence-corrected chi connectivity index (χ1v) is 6.34. The van der Waals surface area contributed by atoms with Gasteiger partial charge in [0.15, 0.2) is 0 Å². The smallest absolute Gasteiger partial charge is 0.373 e. The van der Waals surface area contributed by atoms with Gasteiger partial charge in [0, 0.05) is 26.2 Å². The van der Waals surface area contributed by atoms with Gasteiger partial charge in [-0.3, -0.25) is 4.79 Å². The van der Waals surface area contributed by atoms with E-state index in [4.69, 9.17) is 5.73 Å². The first kappa shape index (κ1) is 16.5. The minimum Gasteiger partial charge on any atom is -0.373 e. The average molecular weight is 292 g/mol. The number of nitrogens with two attached hydrogens (primary N) is 1. The third-order valence-electron chi connectivity index (χ3n) is 3.00. The maximum Gasteiger partial charge on any atom is 0.394 e. The van der Waals surface area contributed by atoms with Crippen LogP contribution in [0, 0.1) is 5.92 Å². The quantitative estimate of drug-likeness (QED) is 0.856. The Morgan fingerprint density at radius 2 is 2.15 bits per heavy atom. The maximum absolute atomic E-state index is 12.6. The van der Waals surface area contributed by atoms with Gasteiger partial charge in [-0.15, -0.1) is 0 Å². The molecular weight excluding hydrogens is 273 g/mol. The summed E-state index contributed by atoms with van der Waals surface area (Å²) in [6.07, 6.45) is -2.16. The molecule has 1 atom stereocenters. The summed E-state index contributed by atoms with van der Waals surface area (Å²) in [5.41, 5.74) is 5.13. The lowest BCUT2D eigenvalue weighted by molar-refractivity contribution is -0.175. The Labute approximate surface area is 115 Å². The molecule has 0 aliphatic rings. The van der Waals surface area contributed by atoms with Gasteiger partial charge < -0.3 is 10.6 Å². The van der Waals surface area contributed by atoms with E-state index in [2.05, 4.69) is 5.10 Å². The van der Waals surface area contributed by atoms with Gasteiger partial charge in [-0.2, -0.15) is 18.3 Å². The molecule has 0 bridgehead atoms. The molecule has 8 heteroatoms. The van der Waals surface area contributed by atoms with Crippen LogP contribution in [0.1, 0.15) is 13.3 Å². The normalized spacial score (nSPS) is 13.3. The highest BCUT2D eigenvalue weighted by Crippen LogP contribution is 2.26. The molecular formula is C12H19F3N4O. The Balaban J connectivity index is 2.91. The van der Waals surface area contributed by atoms with Crippen LogP contribution in [-0.2, 0) is 6.54 Å². The minimum absolute atomic E-state index is 0.559. The molecule has 0 saturated carbocycles. The molecule has 0 aliphatic heterocycles. The first-order chi connectivity index (χ1) is 9.29. The molecule has 0 aliphatic carbocycles. The Morgan fingerprint density at radius 3 is 2.60 bits per heavy atom. The molecule has 114 valence electrons. The zero-order valence-electron chi connectivity index (χ0n) is 11.5. The van der Waals surface area contributed by atoms with Gasteiger partial charge in [-0.25, -0.2) is 4.68 Å². The predicted octanol–water partition coefficient (Wildman–Crippen LogP) is 1.23. The van der Waals surface area contributed by atoms with Crippen molar-refractivity contribution in [3.63, 3.8) is 0 Å². The van der Waals surface area contributed by atoms with Gasteiger partial charge in [0.1, 0.15) is 0 Å². The molecule has 0 radical (unpaired) electrons. The van der Waals surface area contributed by atoms with Crippen LogP contribution in [0.4, 0.5) is 18.9 Å².